The summed E-state index contributed by atoms with van der Waals surface area (Å²) in [6, 6.07) is 26.3. The predicted octanol–water partition coefficient (Wildman–Crippen LogP) is 7.19. The van der Waals surface area contributed by atoms with Crippen molar-refractivity contribution < 1.29 is 20.5 Å². The Labute approximate surface area is 280 Å². The van der Waals surface area contributed by atoms with E-state index < -0.39 is 13.1 Å². The van der Waals surface area contributed by atoms with Gasteiger partial charge in [-0.3, -0.25) is 19.2 Å². The maximum absolute atomic E-state index is 12.3. The highest BCUT2D eigenvalue weighted by Gasteiger charge is 2.12. The number of hydrogen-bond acceptors (Lipinski definition) is 9. The van der Waals surface area contributed by atoms with E-state index in [1.165, 1.54) is 24.5 Å². The molecule has 0 aliphatic carbocycles. The second-order valence-electron chi connectivity index (χ2n) is 8.80. The van der Waals surface area contributed by atoms with Crippen LogP contribution in [0.4, 0.5) is 15.8 Å². The first-order chi connectivity index (χ1) is 23.2. The first kappa shape index (κ1) is 34.0. The van der Waals surface area contributed by atoms with E-state index in [1.54, 1.807) is 24.8 Å². The molecule has 47 heavy (non-hydrogen) atoms. The van der Waals surface area contributed by atoms with Gasteiger partial charge in [-0.1, -0.05) is 60.7 Å². The van der Waals surface area contributed by atoms with Crippen molar-refractivity contribution in [1.82, 2.24) is 29.9 Å². The molecule has 4 heterocycles. The SMILES string of the molecule is Nc1cnccc1-c1ccccc1.O=C(Nc1cnccc1-c1ccccc1)c1ccnc(Cl)n1.O=C(O)c1ccnc(Cl)n1.[2H]CF. The van der Waals surface area contributed by atoms with E-state index in [0.717, 1.165) is 22.3 Å². The number of halogens is 3. The molecule has 4 N–H and O–H groups in total. The van der Waals surface area contributed by atoms with Gasteiger partial charge in [-0.2, -0.15) is 0 Å². The van der Waals surface area contributed by atoms with Gasteiger partial charge in [0.05, 0.1) is 32.3 Å². The Bertz CT molecular complexity index is 1910. The number of pyridine rings is 2. The Morgan fingerprint density at radius 2 is 1.23 bits per heavy atom. The van der Waals surface area contributed by atoms with Crippen molar-refractivity contribution in [2.24, 2.45) is 0 Å². The molecule has 0 radical (unpaired) electrons. The van der Waals surface area contributed by atoms with Gasteiger partial charge in [0.15, 0.2) is 5.69 Å². The summed E-state index contributed by atoms with van der Waals surface area (Å²) in [7, 11) is -1.00. The number of nitrogens with zero attached hydrogens (tertiary/aromatic N) is 6. The van der Waals surface area contributed by atoms with E-state index in [2.05, 4.69) is 35.2 Å². The molecule has 0 aliphatic heterocycles. The molecule has 6 aromatic rings. The quantitative estimate of drug-likeness (QED) is 0.159. The number of aromatic nitrogens is 6. The molecule has 2 aromatic carbocycles. The normalized spacial score (nSPS) is 9.89. The molecule has 6 rings (SSSR count). The Kier molecular flexibility index (Phi) is 13.6. The van der Waals surface area contributed by atoms with Gasteiger partial charge in [-0.15, -0.1) is 0 Å². The highest BCUT2D eigenvalue weighted by Crippen LogP contribution is 2.27. The third-order valence-corrected chi connectivity index (χ3v) is 6.16. The smallest absolute Gasteiger partial charge is 0.354 e. The molecule has 0 unspecified atom stereocenters. The molecule has 11 nitrogen and oxygen atoms in total. The highest BCUT2D eigenvalue weighted by molar-refractivity contribution is 6.28. The van der Waals surface area contributed by atoms with Crippen LogP contribution >= 0.6 is 23.2 Å². The van der Waals surface area contributed by atoms with Gasteiger partial charge < -0.3 is 16.2 Å². The average Bonchev–Trinajstić information content (AvgIpc) is 3.10. The molecule has 0 spiro atoms. The number of carboxylic acids is 1. The van der Waals surface area contributed by atoms with Crippen LogP contribution in [0, 0.1) is 0 Å². The lowest BCUT2D eigenvalue weighted by Gasteiger charge is -2.10. The zero-order chi connectivity index (χ0) is 34.7. The number of amides is 1. The number of carbonyl (C=O) groups excluding carboxylic acids is 1. The van der Waals surface area contributed by atoms with Gasteiger partial charge in [-0.25, -0.2) is 24.7 Å². The van der Waals surface area contributed by atoms with Gasteiger partial charge in [0.25, 0.3) is 5.91 Å². The average molecular weight is 675 g/mol. The first-order valence-electron chi connectivity index (χ1n) is 14.1. The van der Waals surface area contributed by atoms with Crippen LogP contribution in [0.25, 0.3) is 22.3 Å². The summed E-state index contributed by atoms with van der Waals surface area (Å²) in [5, 5.41) is 11.1. The minimum absolute atomic E-state index is 0.0297. The van der Waals surface area contributed by atoms with E-state index >= 15 is 0 Å². The van der Waals surface area contributed by atoms with Gasteiger partial charge in [0.1, 0.15) is 5.69 Å². The zero-order valence-electron chi connectivity index (χ0n) is 25.4. The number of carboxylic acid groups (broad SMARTS) is 1. The molecular formula is C33H27Cl2FN8O3. The summed E-state index contributed by atoms with van der Waals surface area (Å²) >= 11 is 11.0. The summed E-state index contributed by atoms with van der Waals surface area (Å²) in [6.07, 6.45) is 9.42. The summed E-state index contributed by atoms with van der Waals surface area (Å²) in [6.45, 7) is 0. The third-order valence-electron chi connectivity index (χ3n) is 5.79. The minimum Gasteiger partial charge on any atom is -0.477 e. The van der Waals surface area contributed by atoms with E-state index in [9.17, 15) is 14.0 Å². The molecule has 0 fully saturated rings. The van der Waals surface area contributed by atoms with Gasteiger partial charge in [0.2, 0.25) is 10.6 Å². The molecule has 1 amide bonds. The van der Waals surface area contributed by atoms with Crippen molar-refractivity contribution in [3.05, 3.63) is 144 Å². The summed E-state index contributed by atoms with van der Waals surface area (Å²) in [5.41, 5.74) is 11.2. The van der Waals surface area contributed by atoms with Gasteiger partial charge in [-0.05, 0) is 58.6 Å². The van der Waals surface area contributed by atoms with Crippen LogP contribution in [0.1, 0.15) is 22.3 Å². The van der Waals surface area contributed by atoms with Gasteiger partial charge >= 0.3 is 5.97 Å². The second-order valence-corrected chi connectivity index (χ2v) is 9.47. The van der Waals surface area contributed by atoms with Gasteiger partial charge in [0, 0.05) is 35.9 Å². The van der Waals surface area contributed by atoms with Crippen LogP contribution in [0.15, 0.2) is 122 Å². The van der Waals surface area contributed by atoms with Crippen molar-refractivity contribution in [3.63, 3.8) is 0 Å². The van der Waals surface area contributed by atoms with Crippen LogP contribution in [-0.2, 0) is 0 Å². The standard InChI is InChI=1S/C16H11ClN4O.C11H10N2.C5H3ClN2O2.CH3F/c17-16-19-9-7-13(21-16)15(22)20-14-10-18-8-6-12(14)11-4-2-1-3-5-11;12-11-8-13-7-6-10(11)9-4-2-1-3-5-9;6-5-7-2-1-3(8-5)4(9)10;1-2/h1-10H,(H,20,22);1-8H,12H2;1-2H,(H,9,10);1H3/i;;;1D. The molecule has 238 valence electrons. The Morgan fingerprint density at radius 3 is 1.74 bits per heavy atom. The summed E-state index contributed by atoms with van der Waals surface area (Å²) < 4.78 is 15.5. The number of anilines is 2. The topological polar surface area (TPSA) is 170 Å². The Morgan fingerprint density at radius 1 is 0.745 bits per heavy atom. The van der Waals surface area contributed by atoms with Crippen molar-refractivity contribution in [3.8, 4) is 22.3 Å². The third kappa shape index (κ3) is 11.2. The van der Waals surface area contributed by atoms with Crippen LogP contribution in [-0.4, -0.2) is 54.0 Å². The predicted molar refractivity (Wildman–Crippen MR) is 180 cm³/mol. The number of nitrogen functional groups attached to an aromatic ring is 1. The molecule has 14 heteroatoms. The van der Waals surface area contributed by atoms with Crippen molar-refractivity contribution in [2.75, 3.05) is 18.2 Å². The minimum atomic E-state index is -1.11. The lowest BCUT2D eigenvalue weighted by molar-refractivity contribution is 0.0690. The second kappa shape index (κ2) is 18.8. The number of nitrogens with two attached hydrogens (primary N) is 1. The van der Waals surface area contributed by atoms with E-state index in [4.69, 9.17) is 35.4 Å². The number of benzene rings is 2. The molecule has 4 aromatic heterocycles. The molecule has 0 aliphatic rings. The van der Waals surface area contributed by atoms with Crippen molar-refractivity contribution in [1.29, 1.82) is 0 Å². The van der Waals surface area contributed by atoms with Crippen LogP contribution in [0.5, 0.6) is 0 Å². The molecular weight excluding hydrogens is 646 g/mol. The lowest BCUT2D eigenvalue weighted by atomic mass is 10.1. The van der Waals surface area contributed by atoms with Crippen LogP contribution < -0.4 is 11.1 Å². The Hall–Kier alpha value is -5.85. The molecule has 0 bridgehead atoms. The van der Waals surface area contributed by atoms with Crippen molar-refractivity contribution >= 4 is 46.5 Å². The number of carbonyl (C=O) groups is 2. The van der Waals surface area contributed by atoms with E-state index in [0.29, 0.717) is 11.4 Å². The van der Waals surface area contributed by atoms with Crippen LogP contribution in [0.2, 0.25) is 10.6 Å². The fourth-order valence-electron chi connectivity index (χ4n) is 3.75. The number of hydrogen-bond donors (Lipinski definition) is 3. The van der Waals surface area contributed by atoms with E-state index in [1.807, 2.05) is 72.8 Å². The maximum atomic E-state index is 12.3. The number of nitrogens with one attached hydrogen (secondary N) is 1. The fraction of sp³-hybridized carbons (Fsp3) is 0.0303. The number of alkyl halides is 1. The summed E-state index contributed by atoms with van der Waals surface area (Å²) in [5.74, 6) is -1.47. The molecule has 0 saturated heterocycles. The monoisotopic (exact) mass is 673 g/mol. The van der Waals surface area contributed by atoms with Crippen molar-refractivity contribution in [2.45, 2.75) is 0 Å². The largest absolute Gasteiger partial charge is 0.477 e. The van der Waals surface area contributed by atoms with Crippen LogP contribution in [0.3, 0.4) is 0 Å². The number of aromatic carboxylic acids is 1. The zero-order valence-corrected chi connectivity index (χ0v) is 25.9. The molecule has 0 atom stereocenters. The number of rotatable bonds is 5. The Balaban J connectivity index is 0.000000204. The maximum Gasteiger partial charge on any atom is 0.354 e. The molecule has 0 saturated carbocycles. The lowest BCUT2D eigenvalue weighted by Crippen LogP contribution is -2.14. The first-order valence-corrected chi connectivity index (χ1v) is 14.1. The highest BCUT2D eigenvalue weighted by atomic mass is 35.5. The summed E-state index contributed by atoms with van der Waals surface area (Å²) in [4.78, 5) is 45.1. The van der Waals surface area contributed by atoms with E-state index in [-0.39, 0.29) is 27.9 Å². The fourth-order valence-corrected chi connectivity index (χ4v) is 4.05.